The average Bonchev–Trinajstić information content (AvgIpc) is 2.81. The molecule has 0 heterocycles. The van der Waals surface area contributed by atoms with Crippen LogP contribution in [0.1, 0.15) is 50.2 Å². The fourth-order valence-electron chi connectivity index (χ4n) is 4.41. The van der Waals surface area contributed by atoms with Gasteiger partial charge in [0.2, 0.25) is 21.8 Å². The highest BCUT2D eigenvalue weighted by molar-refractivity contribution is 7.92. The number of nitrogens with zero attached hydrogens (tertiary/aromatic N) is 2. The van der Waals surface area contributed by atoms with Crippen LogP contribution in [-0.2, 0) is 26.2 Å². The molecule has 1 aliphatic rings. The lowest BCUT2D eigenvalue weighted by molar-refractivity contribution is -0.139. The first kappa shape index (κ1) is 27.0. The van der Waals surface area contributed by atoms with E-state index >= 15 is 0 Å². The Bertz CT molecular complexity index is 1150. The molecular weight excluding hydrogens is 486 g/mol. The minimum absolute atomic E-state index is 0.102. The van der Waals surface area contributed by atoms with E-state index in [4.69, 9.17) is 11.6 Å². The van der Waals surface area contributed by atoms with E-state index in [1.54, 1.807) is 31.2 Å². The quantitative estimate of drug-likeness (QED) is 0.535. The lowest BCUT2D eigenvalue weighted by Crippen LogP contribution is -2.53. The summed E-state index contributed by atoms with van der Waals surface area (Å²) in [6, 6.07) is 13.5. The average molecular weight is 520 g/mol. The maximum atomic E-state index is 13.6. The molecule has 0 radical (unpaired) electrons. The van der Waals surface area contributed by atoms with Crippen LogP contribution in [0.3, 0.4) is 0 Å². The van der Waals surface area contributed by atoms with Crippen LogP contribution < -0.4 is 9.62 Å². The number of amides is 2. The topological polar surface area (TPSA) is 86.8 Å². The van der Waals surface area contributed by atoms with E-state index < -0.39 is 28.5 Å². The molecule has 3 rings (SSSR count). The van der Waals surface area contributed by atoms with E-state index in [9.17, 15) is 18.0 Å². The lowest BCUT2D eigenvalue weighted by atomic mass is 9.95. The molecule has 1 N–H and O–H groups in total. The van der Waals surface area contributed by atoms with Crippen molar-refractivity contribution in [2.75, 3.05) is 17.1 Å². The third-order valence-electron chi connectivity index (χ3n) is 6.35. The smallest absolute Gasteiger partial charge is 0.244 e. The largest absolute Gasteiger partial charge is 0.352 e. The first-order valence-electron chi connectivity index (χ1n) is 11.9. The standard InChI is InChI=1S/C26H34ClN3O4S/c1-19-10-9-11-21(16-19)17-29(20(2)26(32)28-22-12-5-4-6-13-22)25(31)18-30(35(3,33)34)24-15-8-7-14-23(24)27/h7-11,14-16,20,22H,4-6,12-13,17-18H2,1-3H3,(H,28,32)/t20-/m1/s1. The van der Waals surface area contributed by atoms with Gasteiger partial charge in [0.05, 0.1) is 17.0 Å². The minimum Gasteiger partial charge on any atom is -0.352 e. The van der Waals surface area contributed by atoms with Crippen molar-refractivity contribution in [3.63, 3.8) is 0 Å². The third-order valence-corrected chi connectivity index (χ3v) is 7.80. The Morgan fingerprint density at radius 2 is 1.77 bits per heavy atom. The van der Waals surface area contributed by atoms with Gasteiger partial charge in [-0.25, -0.2) is 8.42 Å². The Morgan fingerprint density at radius 3 is 2.40 bits per heavy atom. The van der Waals surface area contributed by atoms with Crippen molar-refractivity contribution in [1.29, 1.82) is 0 Å². The maximum absolute atomic E-state index is 13.6. The maximum Gasteiger partial charge on any atom is 0.244 e. The Hall–Kier alpha value is -2.58. The van der Waals surface area contributed by atoms with Crippen LogP contribution in [0.4, 0.5) is 5.69 Å². The zero-order chi connectivity index (χ0) is 25.6. The molecular formula is C26H34ClN3O4S. The molecule has 0 aromatic heterocycles. The summed E-state index contributed by atoms with van der Waals surface area (Å²) in [5, 5.41) is 3.31. The van der Waals surface area contributed by atoms with Crippen molar-refractivity contribution in [2.24, 2.45) is 0 Å². The number of nitrogens with one attached hydrogen (secondary N) is 1. The second-order valence-corrected chi connectivity index (χ2v) is 11.6. The summed E-state index contributed by atoms with van der Waals surface area (Å²) >= 11 is 6.26. The predicted molar refractivity (Wildman–Crippen MR) is 140 cm³/mol. The monoisotopic (exact) mass is 519 g/mol. The van der Waals surface area contributed by atoms with E-state index in [2.05, 4.69) is 5.32 Å². The molecule has 1 aliphatic carbocycles. The summed E-state index contributed by atoms with van der Waals surface area (Å²) in [5.41, 5.74) is 2.11. The van der Waals surface area contributed by atoms with Crippen molar-refractivity contribution in [3.05, 3.63) is 64.7 Å². The van der Waals surface area contributed by atoms with E-state index in [0.29, 0.717) is 0 Å². The van der Waals surface area contributed by atoms with Crippen molar-refractivity contribution in [2.45, 2.75) is 64.6 Å². The Kier molecular flexibility index (Phi) is 9.19. The molecule has 2 aromatic rings. The first-order valence-corrected chi connectivity index (χ1v) is 14.2. The molecule has 2 aromatic carbocycles. The van der Waals surface area contributed by atoms with Crippen molar-refractivity contribution < 1.29 is 18.0 Å². The number of aryl methyl sites for hydroxylation is 1. The van der Waals surface area contributed by atoms with Gasteiger partial charge in [-0.15, -0.1) is 0 Å². The number of rotatable bonds is 9. The number of para-hydroxylation sites is 1. The number of anilines is 1. The molecule has 1 saturated carbocycles. The van der Waals surface area contributed by atoms with Crippen LogP contribution in [0.25, 0.3) is 0 Å². The van der Waals surface area contributed by atoms with Crippen molar-refractivity contribution in [1.82, 2.24) is 10.2 Å². The molecule has 35 heavy (non-hydrogen) atoms. The molecule has 0 saturated heterocycles. The van der Waals surface area contributed by atoms with Gasteiger partial charge >= 0.3 is 0 Å². The molecule has 0 spiro atoms. The van der Waals surface area contributed by atoms with Crippen LogP contribution in [0.5, 0.6) is 0 Å². The van der Waals surface area contributed by atoms with Crippen LogP contribution in [-0.4, -0.2) is 50.0 Å². The van der Waals surface area contributed by atoms with Crippen molar-refractivity contribution >= 4 is 39.1 Å². The molecule has 7 nitrogen and oxygen atoms in total. The van der Waals surface area contributed by atoms with Gasteiger partial charge in [-0.2, -0.15) is 0 Å². The number of hydrogen-bond donors (Lipinski definition) is 1. The van der Waals surface area contributed by atoms with E-state index in [-0.39, 0.29) is 29.2 Å². The lowest BCUT2D eigenvalue weighted by Gasteiger charge is -2.33. The number of hydrogen-bond acceptors (Lipinski definition) is 4. The highest BCUT2D eigenvalue weighted by Gasteiger charge is 2.31. The molecule has 9 heteroatoms. The highest BCUT2D eigenvalue weighted by Crippen LogP contribution is 2.27. The number of benzene rings is 2. The molecule has 2 amide bonds. The zero-order valence-corrected chi connectivity index (χ0v) is 22.1. The minimum atomic E-state index is -3.82. The fourth-order valence-corrected chi connectivity index (χ4v) is 5.56. The third kappa shape index (κ3) is 7.45. The van der Waals surface area contributed by atoms with Gasteiger partial charge in [-0.05, 0) is 44.4 Å². The highest BCUT2D eigenvalue weighted by atomic mass is 35.5. The second kappa shape index (κ2) is 11.9. The van der Waals surface area contributed by atoms with Crippen LogP contribution in [0.2, 0.25) is 5.02 Å². The zero-order valence-electron chi connectivity index (χ0n) is 20.5. The van der Waals surface area contributed by atoms with Gasteiger partial charge < -0.3 is 10.2 Å². The number of halogens is 1. The molecule has 0 unspecified atom stereocenters. The van der Waals surface area contributed by atoms with Gasteiger partial charge in [0.1, 0.15) is 12.6 Å². The summed E-state index contributed by atoms with van der Waals surface area (Å²) in [4.78, 5) is 28.2. The normalized spacial score (nSPS) is 15.3. The Balaban J connectivity index is 1.88. The molecule has 190 valence electrons. The van der Waals surface area contributed by atoms with Crippen LogP contribution in [0.15, 0.2) is 48.5 Å². The van der Waals surface area contributed by atoms with Gasteiger partial charge in [0.25, 0.3) is 0 Å². The summed E-state index contributed by atoms with van der Waals surface area (Å²) in [5.74, 6) is -0.718. The number of sulfonamides is 1. The second-order valence-electron chi connectivity index (χ2n) is 9.25. The van der Waals surface area contributed by atoms with Gasteiger partial charge in [0, 0.05) is 12.6 Å². The summed E-state index contributed by atoms with van der Waals surface area (Å²) in [6.45, 7) is 3.36. The summed E-state index contributed by atoms with van der Waals surface area (Å²) in [7, 11) is -3.82. The van der Waals surface area contributed by atoms with E-state index in [0.717, 1.165) is 47.4 Å². The van der Waals surface area contributed by atoms with Gasteiger partial charge in [-0.3, -0.25) is 13.9 Å². The first-order chi connectivity index (χ1) is 16.6. The SMILES string of the molecule is Cc1cccc(CN(C(=O)CN(c2ccccc2Cl)S(C)(=O)=O)[C@H](C)C(=O)NC2CCCCC2)c1. The Labute approximate surface area is 213 Å². The summed E-state index contributed by atoms with van der Waals surface area (Å²) in [6.07, 6.45) is 6.22. The number of carbonyl (C=O) groups is 2. The van der Waals surface area contributed by atoms with Crippen LogP contribution in [0, 0.1) is 6.92 Å². The fraction of sp³-hybridized carbons (Fsp3) is 0.462. The number of carbonyl (C=O) groups excluding carboxylic acids is 2. The predicted octanol–water partition coefficient (Wildman–Crippen LogP) is 4.28. The van der Waals surface area contributed by atoms with E-state index in [1.807, 2.05) is 31.2 Å². The van der Waals surface area contributed by atoms with Crippen molar-refractivity contribution in [3.8, 4) is 0 Å². The van der Waals surface area contributed by atoms with E-state index in [1.165, 1.54) is 11.3 Å². The van der Waals surface area contributed by atoms with Gasteiger partial charge in [-0.1, -0.05) is 72.8 Å². The summed E-state index contributed by atoms with van der Waals surface area (Å²) < 4.78 is 26.3. The molecule has 1 atom stereocenters. The molecule has 1 fully saturated rings. The molecule has 0 bridgehead atoms. The van der Waals surface area contributed by atoms with Gasteiger partial charge in [0.15, 0.2) is 0 Å². The Morgan fingerprint density at radius 1 is 1.09 bits per heavy atom. The molecule has 0 aliphatic heterocycles. The van der Waals surface area contributed by atoms with Crippen LogP contribution >= 0.6 is 11.6 Å².